The fourth-order valence-corrected chi connectivity index (χ4v) is 1.55. The first kappa shape index (κ1) is 15.7. The molecular formula is C12H16N2O6. The molecule has 0 spiro atoms. The van der Waals surface area contributed by atoms with Crippen LogP contribution in [0.25, 0.3) is 0 Å². The summed E-state index contributed by atoms with van der Waals surface area (Å²) in [5.74, 6) is -0.301. The number of carbonyl (C=O) groups is 1. The summed E-state index contributed by atoms with van der Waals surface area (Å²) >= 11 is 0. The first-order valence-corrected chi connectivity index (χ1v) is 5.76. The number of nitro groups is 1. The minimum Gasteiger partial charge on any atom is -0.493 e. The van der Waals surface area contributed by atoms with Crippen LogP contribution in [-0.4, -0.2) is 42.8 Å². The lowest BCUT2D eigenvalue weighted by atomic mass is 10.1. The summed E-state index contributed by atoms with van der Waals surface area (Å²) in [6.45, 7) is 1.30. The highest BCUT2D eigenvalue weighted by Gasteiger charge is 2.25. The SMILES string of the molecule is COc1cc(C(=O)NC(C)CO)c([N+](=O)[O-])cc1OC. The number of hydrogen-bond acceptors (Lipinski definition) is 6. The van der Waals surface area contributed by atoms with E-state index < -0.39 is 22.6 Å². The molecule has 2 N–H and O–H groups in total. The highest BCUT2D eigenvalue weighted by atomic mass is 16.6. The van der Waals surface area contributed by atoms with Crippen LogP contribution in [0.15, 0.2) is 12.1 Å². The molecule has 0 aliphatic rings. The van der Waals surface area contributed by atoms with E-state index in [0.29, 0.717) is 0 Å². The molecular weight excluding hydrogens is 268 g/mol. The van der Waals surface area contributed by atoms with Gasteiger partial charge in [0.05, 0.1) is 31.8 Å². The topological polar surface area (TPSA) is 111 Å². The van der Waals surface area contributed by atoms with Crippen LogP contribution < -0.4 is 14.8 Å². The maximum atomic E-state index is 12.0. The summed E-state index contributed by atoms with van der Waals surface area (Å²) in [5.41, 5.74) is -0.557. The highest BCUT2D eigenvalue weighted by Crippen LogP contribution is 2.34. The van der Waals surface area contributed by atoms with Crippen molar-refractivity contribution in [2.45, 2.75) is 13.0 Å². The summed E-state index contributed by atoms with van der Waals surface area (Å²) in [4.78, 5) is 22.3. The zero-order valence-electron chi connectivity index (χ0n) is 11.4. The van der Waals surface area contributed by atoms with E-state index in [2.05, 4.69) is 5.32 Å². The van der Waals surface area contributed by atoms with E-state index in [4.69, 9.17) is 14.6 Å². The molecule has 0 heterocycles. The quantitative estimate of drug-likeness (QED) is 0.588. The van der Waals surface area contributed by atoms with Gasteiger partial charge in [-0.2, -0.15) is 0 Å². The molecule has 1 atom stereocenters. The molecule has 0 bridgehead atoms. The molecule has 1 aromatic carbocycles. The second-order valence-corrected chi connectivity index (χ2v) is 4.04. The van der Waals surface area contributed by atoms with Crippen molar-refractivity contribution in [2.24, 2.45) is 0 Å². The average molecular weight is 284 g/mol. The van der Waals surface area contributed by atoms with E-state index in [1.165, 1.54) is 20.3 Å². The minimum absolute atomic E-state index is 0.158. The lowest BCUT2D eigenvalue weighted by Crippen LogP contribution is -2.35. The van der Waals surface area contributed by atoms with Gasteiger partial charge in [0.1, 0.15) is 5.56 Å². The average Bonchev–Trinajstić information content (AvgIpc) is 2.45. The number of benzene rings is 1. The molecule has 1 unspecified atom stereocenters. The molecule has 0 fully saturated rings. The molecule has 1 aromatic rings. The van der Waals surface area contributed by atoms with Crippen molar-refractivity contribution in [3.63, 3.8) is 0 Å². The van der Waals surface area contributed by atoms with E-state index >= 15 is 0 Å². The molecule has 0 saturated carbocycles. The van der Waals surface area contributed by atoms with Crippen molar-refractivity contribution >= 4 is 11.6 Å². The summed E-state index contributed by atoms with van der Waals surface area (Å²) in [6, 6.07) is 1.84. The van der Waals surface area contributed by atoms with Crippen molar-refractivity contribution in [2.75, 3.05) is 20.8 Å². The third-order valence-electron chi connectivity index (χ3n) is 2.59. The van der Waals surface area contributed by atoms with E-state index in [-0.39, 0.29) is 23.7 Å². The van der Waals surface area contributed by atoms with Gasteiger partial charge < -0.3 is 19.9 Å². The molecule has 0 aliphatic heterocycles. The molecule has 110 valence electrons. The Balaban J connectivity index is 3.28. The summed E-state index contributed by atoms with van der Waals surface area (Å²) < 4.78 is 9.98. The van der Waals surface area contributed by atoms with Crippen LogP contribution in [0.3, 0.4) is 0 Å². The number of nitrogens with one attached hydrogen (secondary N) is 1. The molecule has 0 aliphatic carbocycles. The number of methoxy groups -OCH3 is 2. The van der Waals surface area contributed by atoms with E-state index in [9.17, 15) is 14.9 Å². The van der Waals surface area contributed by atoms with Crippen LogP contribution in [0, 0.1) is 10.1 Å². The third-order valence-corrected chi connectivity index (χ3v) is 2.59. The number of nitro benzene ring substituents is 1. The van der Waals surface area contributed by atoms with E-state index in [0.717, 1.165) is 6.07 Å². The number of aliphatic hydroxyl groups excluding tert-OH is 1. The number of ether oxygens (including phenoxy) is 2. The number of nitrogens with zero attached hydrogens (tertiary/aromatic N) is 1. The van der Waals surface area contributed by atoms with Crippen LogP contribution in [-0.2, 0) is 0 Å². The maximum absolute atomic E-state index is 12.0. The lowest BCUT2D eigenvalue weighted by Gasteiger charge is -2.13. The Kier molecular flexibility index (Phi) is 5.27. The van der Waals surface area contributed by atoms with Gasteiger partial charge in [0.15, 0.2) is 11.5 Å². The monoisotopic (exact) mass is 284 g/mol. The molecule has 0 aromatic heterocycles. The number of hydrogen-bond donors (Lipinski definition) is 2. The summed E-state index contributed by atoms with van der Waals surface area (Å²) in [7, 11) is 2.71. The zero-order valence-corrected chi connectivity index (χ0v) is 11.4. The molecule has 1 rings (SSSR count). The number of aliphatic hydroxyl groups is 1. The fourth-order valence-electron chi connectivity index (χ4n) is 1.55. The Labute approximate surface area is 115 Å². The second-order valence-electron chi connectivity index (χ2n) is 4.04. The number of amides is 1. The predicted octanol–water partition coefficient (Wildman–Crippen LogP) is 0.723. The predicted molar refractivity (Wildman–Crippen MR) is 70.2 cm³/mol. The van der Waals surface area contributed by atoms with Crippen LogP contribution in [0.4, 0.5) is 5.69 Å². The number of carbonyl (C=O) groups excluding carboxylic acids is 1. The fraction of sp³-hybridized carbons (Fsp3) is 0.417. The van der Waals surface area contributed by atoms with Crippen LogP contribution in [0.1, 0.15) is 17.3 Å². The molecule has 1 amide bonds. The van der Waals surface area contributed by atoms with Crippen molar-refractivity contribution in [1.29, 1.82) is 0 Å². The van der Waals surface area contributed by atoms with Crippen LogP contribution >= 0.6 is 0 Å². The zero-order chi connectivity index (χ0) is 15.3. The van der Waals surface area contributed by atoms with Gasteiger partial charge in [-0.15, -0.1) is 0 Å². The standard InChI is InChI=1S/C12H16N2O6/c1-7(6-15)13-12(16)8-4-10(19-2)11(20-3)5-9(8)14(17)18/h4-5,7,15H,6H2,1-3H3,(H,13,16). The van der Waals surface area contributed by atoms with Gasteiger partial charge in [0.2, 0.25) is 0 Å². The summed E-state index contributed by atoms with van der Waals surface area (Å²) in [5, 5.41) is 22.4. The normalized spacial score (nSPS) is 11.6. The Morgan fingerprint density at radius 3 is 2.40 bits per heavy atom. The van der Waals surface area contributed by atoms with Gasteiger partial charge in [0.25, 0.3) is 11.6 Å². The molecule has 8 heteroatoms. The molecule has 0 saturated heterocycles. The van der Waals surface area contributed by atoms with Gasteiger partial charge in [-0.1, -0.05) is 0 Å². The first-order valence-electron chi connectivity index (χ1n) is 5.76. The van der Waals surface area contributed by atoms with E-state index in [1.807, 2.05) is 0 Å². The van der Waals surface area contributed by atoms with Crippen LogP contribution in [0.2, 0.25) is 0 Å². The Morgan fingerprint density at radius 2 is 1.95 bits per heavy atom. The van der Waals surface area contributed by atoms with Crippen molar-refractivity contribution in [3.8, 4) is 11.5 Å². The Bertz CT molecular complexity index is 517. The van der Waals surface area contributed by atoms with Gasteiger partial charge in [-0.25, -0.2) is 0 Å². The third kappa shape index (κ3) is 3.35. The number of rotatable bonds is 6. The van der Waals surface area contributed by atoms with Crippen LogP contribution in [0.5, 0.6) is 11.5 Å². The van der Waals surface area contributed by atoms with E-state index in [1.54, 1.807) is 6.92 Å². The lowest BCUT2D eigenvalue weighted by molar-refractivity contribution is -0.385. The van der Waals surface area contributed by atoms with Gasteiger partial charge in [-0.05, 0) is 6.92 Å². The van der Waals surface area contributed by atoms with Gasteiger partial charge >= 0.3 is 0 Å². The van der Waals surface area contributed by atoms with Crippen molar-refractivity contribution < 1.29 is 24.3 Å². The molecule has 20 heavy (non-hydrogen) atoms. The summed E-state index contributed by atoms with van der Waals surface area (Å²) in [6.07, 6.45) is 0. The molecule has 0 radical (unpaired) electrons. The first-order chi connectivity index (χ1) is 9.44. The minimum atomic E-state index is -0.680. The van der Waals surface area contributed by atoms with Gasteiger partial charge in [0, 0.05) is 12.1 Å². The van der Waals surface area contributed by atoms with Gasteiger partial charge in [-0.3, -0.25) is 14.9 Å². The highest BCUT2D eigenvalue weighted by molar-refractivity contribution is 5.99. The maximum Gasteiger partial charge on any atom is 0.286 e. The Hall–Kier alpha value is -2.35. The van der Waals surface area contributed by atoms with Crippen molar-refractivity contribution in [3.05, 3.63) is 27.8 Å². The smallest absolute Gasteiger partial charge is 0.286 e. The largest absolute Gasteiger partial charge is 0.493 e. The molecule has 8 nitrogen and oxygen atoms in total. The second kappa shape index (κ2) is 6.71. The Morgan fingerprint density at radius 1 is 1.40 bits per heavy atom. The van der Waals surface area contributed by atoms with Crippen molar-refractivity contribution in [1.82, 2.24) is 5.32 Å².